The fourth-order valence-electron chi connectivity index (χ4n) is 2.57. The number of rotatable bonds is 6. The van der Waals surface area contributed by atoms with Crippen LogP contribution in [0.25, 0.3) is 5.82 Å². The van der Waals surface area contributed by atoms with Gasteiger partial charge in [0.2, 0.25) is 0 Å². The first-order chi connectivity index (χ1) is 11.6. The molecule has 6 heteroatoms. The van der Waals surface area contributed by atoms with Gasteiger partial charge in [-0.25, -0.2) is 4.68 Å². The first-order valence-corrected chi connectivity index (χ1v) is 7.95. The molecule has 0 amide bonds. The fraction of sp³-hybridized carbons (Fsp3) is 0.278. The van der Waals surface area contributed by atoms with Gasteiger partial charge in [-0.05, 0) is 37.6 Å². The zero-order valence-electron chi connectivity index (χ0n) is 13.8. The third-order valence-electron chi connectivity index (χ3n) is 3.71. The molecule has 0 bridgehead atoms. The lowest BCUT2D eigenvalue weighted by molar-refractivity contribution is 0.188. The number of hydrogen-bond acceptors (Lipinski definition) is 5. The van der Waals surface area contributed by atoms with Gasteiger partial charge >= 0.3 is 0 Å². The van der Waals surface area contributed by atoms with Gasteiger partial charge < -0.3 is 10.4 Å². The highest BCUT2D eigenvalue weighted by Gasteiger charge is 2.08. The number of aryl methyl sites for hydroxylation is 2. The van der Waals surface area contributed by atoms with Gasteiger partial charge in [0.15, 0.2) is 5.82 Å². The van der Waals surface area contributed by atoms with E-state index in [9.17, 15) is 5.11 Å². The number of hydrogen-bond donors (Lipinski definition) is 2. The second kappa shape index (κ2) is 7.23. The molecule has 0 radical (unpaired) electrons. The van der Waals surface area contributed by atoms with E-state index in [1.54, 1.807) is 4.68 Å². The van der Waals surface area contributed by atoms with Crippen LogP contribution in [0.5, 0.6) is 0 Å². The van der Waals surface area contributed by atoms with Crippen molar-refractivity contribution in [1.29, 1.82) is 0 Å². The lowest BCUT2D eigenvalue weighted by Gasteiger charge is -2.12. The molecule has 0 fully saturated rings. The highest BCUT2D eigenvalue weighted by atomic mass is 16.3. The average molecular weight is 323 g/mol. The van der Waals surface area contributed by atoms with Crippen molar-refractivity contribution in [3.63, 3.8) is 0 Å². The molecule has 0 unspecified atom stereocenters. The van der Waals surface area contributed by atoms with Crippen LogP contribution in [0.2, 0.25) is 0 Å². The summed E-state index contributed by atoms with van der Waals surface area (Å²) in [5.41, 5.74) is 3.07. The zero-order chi connectivity index (χ0) is 16.9. The summed E-state index contributed by atoms with van der Waals surface area (Å²) >= 11 is 0. The maximum Gasteiger partial charge on any atom is 0.176 e. The van der Waals surface area contributed by atoms with Crippen LogP contribution in [0.4, 0.5) is 5.82 Å². The molecule has 24 heavy (non-hydrogen) atoms. The predicted octanol–water partition coefficient (Wildman–Crippen LogP) is 2.29. The van der Waals surface area contributed by atoms with E-state index in [4.69, 9.17) is 0 Å². The number of nitrogens with one attached hydrogen (secondary N) is 1. The summed E-state index contributed by atoms with van der Waals surface area (Å²) in [4.78, 5) is 0. The Morgan fingerprint density at radius 2 is 1.88 bits per heavy atom. The summed E-state index contributed by atoms with van der Waals surface area (Å²) in [6.45, 7) is 4.34. The van der Waals surface area contributed by atoms with E-state index in [1.165, 1.54) is 0 Å². The summed E-state index contributed by atoms with van der Waals surface area (Å²) in [5, 5.41) is 25.9. The van der Waals surface area contributed by atoms with Crippen LogP contribution in [0.15, 0.2) is 48.5 Å². The second-order valence-electron chi connectivity index (χ2n) is 5.84. The zero-order valence-corrected chi connectivity index (χ0v) is 13.8. The Bertz CT molecular complexity index is 783. The smallest absolute Gasteiger partial charge is 0.176 e. The highest BCUT2D eigenvalue weighted by molar-refractivity contribution is 5.37. The number of aliphatic hydroxyl groups excluding tert-OH is 1. The van der Waals surface area contributed by atoms with Gasteiger partial charge in [-0.2, -0.15) is 5.10 Å². The molecule has 2 heterocycles. The molecule has 1 atom stereocenters. The highest BCUT2D eigenvalue weighted by Crippen LogP contribution is 2.11. The Morgan fingerprint density at radius 1 is 1.08 bits per heavy atom. The summed E-state index contributed by atoms with van der Waals surface area (Å²) in [6.07, 6.45) is 0.121. The largest absolute Gasteiger partial charge is 0.391 e. The second-order valence-corrected chi connectivity index (χ2v) is 5.84. The predicted molar refractivity (Wildman–Crippen MR) is 93.3 cm³/mol. The normalized spacial score (nSPS) is 12.1. The molecule has 0 saturated heterocycles. The van der Waals surface area contributed by atoms with Crippen LogP contribution in [-0.4, -0.2) is 37.7 Å². The van der Waals surface area contributed by atoms with E-state index in [2.05, 4.69) is 20.6 Å². The molecule has 0 saturated carbocycles. The monoisotopic (exact) mass is 323 g/mol. The molecule has 6 nitrogen and oxygen atoms in total. The van der Waals surface area contributed by atoms with Gasteiger partial charge in [-0.15, -0.1) is 10.2 Å². The van der Waals surface area contributed by atoms with Gasteiger partial charge in [0.05, 0.1) is 11.8 Å². The Balaban J connectivity index is 1.57. The molecule has 2 N–H and O–H groups in total. The average Bonchev–Trinajstić information content (AvgIpc) is 2.93. The number of nitrogens with zero attached hydrogens (tertiary/aromatic N) is 4. The number of aliphatic hydroxyl groups is 1. The molecule has 0 aliphatic heterocycles. The standard InChI is InChI=1S/C18H21N5O/c1-13-10-14(2)23(22-13)18-9-8-17(20-21-18)19-12-16(24)11-15-6-4-3-5-7-15/h3-10,16,24H,11-12H2,1-2H3,(H,19,20)/t16-/m0/s1. The molecule has 0 aliphatic carbocycles. The third kappa shape index (κ3) is 3.97. The number of aromatic nitrogens is 4. The van der Waals surface area contributed by atoms with E-state index < -0.39 is 6.10 Å². The maximum absolute atomic E-state index is 10.1. The molecule has 2 aromatic heterocycles. The van der Waals surface area contributed by atoms with E-state index in [1.807, 2.05) is 62.4 Å². The van der Waals surface area contributed by atoms with Gasteiger partial charge in [-0.3, -0.25) is 0 Å². The van der Waals surface area contributed by atoms with Crippen molar-refractivity contribution >= 4 is 5.82 Å². The molecular weight excluding hydrogens is 302 g/mol. The lowest BCUT2D eigenvalue weighted by atomic mass is 10.1. The Kier molecular flexibility index (Phi) is 4.86. The quantitative estimate of drug-likeness (QED) is 0.728. The van der Waals surface area contributed by atoms with Crippen molar-refractivity contribution in [2.24, 2.45) is 0 Å². The van der Waals surface area contributed by atoms with Gasteiger partial charge in [0, 0.05) is 18.7 Å². The molecule has 0 aliphatic rings. The Labute approximate surface area is 141 Å². The minimum atomic E-state index is -0.482. The van der Waals surface area contributed by atoms with Crippen LogP contribution in [0.3, 0.4) is 0 Å². The minimum absolute atomic E-state index is 0.419. The van der Waals surface area contributed by atoms with Crippen LogP contribution in [-0.2, 0) is 6.42 Å². The van der Waals surface area contributed by atoms with Crippen LogP contribution >= 0.6 is 0 Å². The number of anilines is 1. The lowest BCUT2D eigenvalue weighted by Crippen LogP contribution is -2.22. The molecule has 124 valence electrons. The maximum atomic E-state index is 10.1. The van der Waals surface area contributed by atoms with Crippen LogP contribution < -0.4 is 5.32 Å². The summed E-state index contributed by atoms with van der Waals surface area (Å²) in [5.74, 6) is 1.31. The summed E-state index contributed by atoms with van der Waals surface area (Å²) < 4.78 is 1.76. The molecule has 3 aromatic rings. The first-order valence-electron chi connectivity index (χ1n) is 7.95. The van der Waals surface area contributed by atoms with E-state index in [-0.39, 0.29) is 0 Å². The molecule has 1 aromatic carbocycles. The third-order valence-corrected chi connectivity index (χ3v) is 3.71. The molecule has 0 spiro atoms. The van der Waals surface area contributed by atoms with Gasteiger partial charge in [-0.1, -0.05) is 30.3 Å². The van der Waals surface area contributed by atoms with Crippen molar-refractivity contribution in [2.45, 2.75) is 26.4 Å². The van der Waals surface area contributed by atoms with Crippen molar-refractivity contribution in [1.82, 2.24) is 20.0 Å². The SMILES string of the molecule is Cc1cc(C)n(-c2ccc(NC[C@@H](O)Cc3ccccc3)nn2)n1. The fourth-order valence-corrected chi connectivity index (χ4v) is 2.57. The van der Waals surface area contributed by atoms with Crippen LogP contribution in [0, 0.1) is 13.8 Å². The van der Waals surface area contributed by atoms with Crippen molar-refractivity contribution in [2.75, 3.05) is 11.9 Å². The van der Waals surface area contributed by atoms with E-state index >= 15 is 0 Å². The molecular formula is C18H21N5O. The summed E-state index contributed by atoms with van der Waals surface area (Å²) in [7, 11) is 0. The van der Waals surface area contributed by atoms with Crippen LogP contribution in [0.1, 0.15) is 17.0 Å². The minimum Gasteiger partial charge on any atom is -0.391 e. The topological polar surface area (TPSA) is 75.9 Å². The van der Waals surface area contributed by atoms with Gasteiger partial charge in [0.1, 0.15) is 5.82 Å². The Hall–Kier alpha value is -2.73. The number of benzene rings is 1. The molecule has 3 rings (SSSR count). The first kappa shape index (κ1) is 16.1. The van der Waals surface area contributed by atoms with Crippen molar-refractivity contribution in [3.05, 3.63) is 65.5 Å². The van der Waals surface area contributed by atoms with Crippen molar-refractivity contribution in [3.8, 4) is 5.82 Å². The van der Waals surface area contributed by atoms with Crippen molar-refractivity contribution < 1.29 is 5.11 Å². The summed E-state index contributed by atoms with van der Waals surface area (Å²) in [6, 6.07) is 15.6. The van der Waals surface area contributed by atoms with E-state index in [0.717, 1.165) is 17.0 Å². The van der Waals surface area contributed by atoms with Gasteiger partial charge in [0.25, 0.3) is 0 Å². The van der Waals surface area contributed by atoms with E-state index in [0.29, 0.717) is 24.6 Å². The Morgan fingerprint density at radius 3 is 2.50 bits per heavy atom.